The molecule has 100 valence electrons. The Morgan fingerprint density at radius 3 is 2.67 bits per heavy atom. The van der Waals surface area contributed by atoms with Crippen molar-refractivity contribution in [1.82, 2.24) is 0 Å². The third-order valence-electron chi connectivity index (χ3n) is 2.41. The standard InChI is InChI=1S/C13H19NO4/c1-4-7-10(14-17-6-3)12-11(15)8-9(5-2)18-13(12)16/h8,15H,4-7H2,1-3H3. The molecule has 0 atom stereocenters. The van der Waals surface area contributed by atoms with Crippen LogP contribution in [0.5, 0.6) is 5.75 Å². The summed E-state index contributed by atoms with van der Waals surface area (Å²) in [6.07, 6.45) is 1.89. The Balaban J connectivity index is 3.24. The lowest BCUT2D eigenvalue weighted by molar-refractivity contribution is 0.158. The highest BCUT2D eigenvalue weighted by molar-refractivity contribution is 6.01. The topological polar surface area (TPSA) is 72.0 Å². The molecule has 5 heteroatoms. The molecule has 0 fully saturated rings. The molecule has 0 saturated carbocycles. The molecule has 0 aliphatic rings. The largest absolute Gasteiger partial charge is 0.507 e. The van der Waals surface area contributed by atoms with E-state index in [1.165, 1.54) is 6.07 Å². The minimum absolute atomic E-state index is 0.0995. The highest BCUT2D eigenvalue weighted by Gasteiger charge is 2.17. The highest BCUT2D eigenvalue weighted by atomic mass is 16.6. The van der Waals surface area contributed by atoms with Gasteiger partial charge in [-0.15, -0.1) is 0 Å². The van der Waals surface area contributed by atoms with E-state index in [9.17, 15) is 9.90 Å². The van der Waals surface area contributed by atoms with Crippen LogP contribution >= 0.6 is 0 Å². The normalized spacial score (nSPS) is 11.6. The molecule has 0 bridgehead atoms. The van der Waals surface area contributed by atoms with Gasteiger partial charge in [0, 0.05) is 12.5 Å². The van der Waals surface area contributed by atoms with Gasteiger partial charge >= 0.3 is 5.63 Å². The maximum atomic E-state index is 11.8. The summed E-state index contributed by atoms with van der Waals surface area (Å²) in [4.78, 5) is 16.8. The first-order chi connectivity index (χ1) is 8.63. The zero-order chi connectivity index (χ0) is 13.5. The lowest BCUT2D eigenvalue weighted by Crippen LogP contribution is -2.16. The fraction of sp³-hybridized carbons (Fsp3) is 0.538. The van der Waals surface area contributed by atoms with Crippen molar-refractivity contribution in [2.45, 2.75) is 40.0 Å². The molecule has 0 radical (unpaired) electrons. The number of aryl methyl sites for hydroxylation is 1. The van der Waals surface area contributed by atoms with Gasteiger partial charge in [0.05, 0.1) is 5.71 Å². The average molecular weight is 253 g/mol. The minimum Gasteiger partial charge on any atom is -0.507 e. The van der Waals surface area contributed by atoms with Gasteiger partial charge in [0.25, 0.3) is 0 Å². The number of oxime groups is 1. The van der Waals surface area contributed by atoms with Crippen LogP contribution in [0.4, 0.5) is 0 Å². The summed E-state index contributed by atoms with van der Waals surface area (Å²) < 4.78 is 5.09. The van der Waals surface area contributed by atoms with Crippen LogP contribution in [0.3, 0.4) is 0 Å². The summed E-state index contributed by atoms with van der Waals surface area (Å²) in [5.74, 6) is 0.350. The van der Waals surface area contributed by atoms with E-state index in [-0.39, 0.29) is 11.3 Å². The van der Waals surface area contributed by atoms with Crippen LogP contribution in [0.1, 0.15) is 44.9 Å². The molecule has 0 aromatic carbocycles. The molecule has 1 N–H and O–H groups in total. The first-order valence-electron chi connectivity index (χ1n) is 6.19. The number of nitrogens with zero attached hydrogens (tertiary/aromatic N) is 1. The van der Waals surface area contributed by atoms with Crippen LogP contribution in [-0.4, -0.2) is 17.4 Å². The number of hydrogen-bond donors (Lipinski definition) is 1. The predicted octanol–water partition coefficient (Wildman–Crippen LogP) is 2.45. The molecule has 1 aromatic rings. The van der Waals surface area contributed by atoms with E-state index in [0.29, 0.717) is 30.9 Å². The molecular weight excluding hydrogens is 234 g/mol. The van der Waals surface area contributed by atoms with E-state index in [4.69, 9.17) is 9.25 Å². The number of hydrogen-bond acceptors (Lipinski definition) is 5. The summed E-state index contributed by atoms with van der Waals surface area (Å²) in [5, 5.41) is 13.8. The van der Waals surface area contributed by atoms with Crippen LogP contribution in [0, 0.1) is 0 Å². The van der Waals surface area contributed by atoms with Gasteiger partial charge in [-0.3, -0.25) is 0 Å². The fourth-order valence-corrected chi connectivity index (χ4v) is 1.56. The summed E-state index contributed by atoms with van der Waals surface area (Å²) >= 11 is 0. The third kappa shape index (κ3) is 3.35. The molecule has 1 heterocycles. The second-order valence-corrected chi connectivity index (χ2v) is 3.82. The van der Waals surface area contributed by atoms with Crippen LogP contribution < -0.4 is 5.63 Å². The van der Waals surface area contributed by atoms with Gasteiger partial charge in [-0.1, -0.05) is 25.4 Å². The molecule has 0 spiro atoms. The van der Waals surface area contributed by atoms with Gasteiger partial charge in [-0.25, -0.2) is 4.79 Å². The Bertz CT molecular complexity index is 476. The summed E-state index contributed by atoms with van der Waals surface area (Å²) in [6.45, 7) is 6.01. The average Bonchev–Trinajstić information content (AvgIpc) is 2.34. The van der Waals surface area contributed by atoms with Crippen LogP contribution in [-0.2, 0) is 11.3 Å². The Morgan fingerprint density at radius 1 is 1.44 bits per heavy atom. The van der Waals surface area contributed by atoms with Crippen molar-refractivity contribution in [3.63, 3.8) is 0 Å². The van der Waals surface area contributed by atoms with Crippen molar-refractivity contribution in [2.75, 3.05) is 6.61 Å². The van der Waals surface area contributed by atoms with Gasteiger partial charge in [-0.05, 0) is 13.3 Å². The Labute approximate surface area is 106 Å². The SMILES string of the molecule is CCCC(=NOCC)c1c(O)cc(CC)oc1=O. The second kappa shape index (κ2) is 6.83. The number of aromatic hydroxyl groups is 1. The minimum atomic E-state index is -0.571. The van der Waals surface area contributed by atoms with Crippen LogP contribution in [0.15, 0.2) is 20.4 Å². The van der Waals surface area contributed by atoms with Gasteiger partial charge < -0.3 is 14.4 Å². The molecule has 1 aromatic heterocycles. The quantitative estimate of drug-likeness (QED) is 0.624. The summed E-state index contributed by atoms with van der Waals surface area (Å²) in [7, 11) is 0. The first-order valence-corrected chi connectivity index (χ1v) is 6.19. The van der Waals surface area contributed by atoms with E-state index < -0.39 is 5.63 Å². The molecular formula is C13H19NO4. The maximum absolute atomic E-state index is 11.8. The Morgan fingerprint density at radius 2 is 2.17 bits per heavy atom. The molecule has 0 aliphatic heterocycles. The fourth-order valence-electron chi connectivity index (χ4n) is 1.56. The lowest BCUT2D eigenvalue weighted by Gasteiger charge is -2.07. The third-order valence-corrected chi connectivity index (χ3v) is 2.41. The van der Waals surface area contributed by atoms with E-state index in [2.05, 4.69) is 5.16 Å². The van der Waals surface area contributed by atoms with Crippen molar-refractivity contribution in [1.29, 1.82) is 0 Å². The van der Waals surface area contributed by atoms with Crippen molar-refractivity contribution in [2.24, 2.45) is 5.16 Å². The van der Waals surface area contributed by atoms with Gasteiger partial charge in [0.15, 0.2) is 0 Å². The monoisotopic (exact) mass is 253 g/mol. The molecule has 0 aliphatic carbocycles. The predicted molar refractivity (Wildman–Crippen MR) is 69.1 cm³/mol. The van der Waals surface area contributed by atoms with Crippen molar-refractivity contribution >= 4 is 5.71 Å². The Hall–Kier alpha value is -1.78. The molecule has 0 amide bonds. The van der Waals surface area contributed by atoms with Gasteiger partial charge in [0.2, 0.25) is 0 Å². The van der Waals surface area contributed by atoms with E-state index in [0.717, 1.165) is 6.42 Å². The van der Waals surface area contributed by atoms with Gasteiger partial charge in [0.1, 0.15) is 23.7 Å². The molecule has 5 nitrogen and oxygen atoms in total. The van der Waals surface area contributed by atoms with E-state index in [1.54, 1.807) is 6.92 Å². The zero-order valence-corrected chi connectivity index (χ0v) is 11.0. The zero-order valence-electron chi connectivity index (χ0n) is 11.0. The van der Waals surface area contributed by atoms with E-state index >= 15 is 0 Å². The molecule has 0 saturated heterocycles. The summed E-state index contributed by atoms with van der Waals surface area (Å²) in [6, 6.07) is 1.45. The van der Waals surface area contributed by atoms with Crippen LogP contribution in [0.25, 0.3) is 0 Å². The molecule has 18 heavy (non-hydrogen) atoms. The Kier molecular flexibility index (Phi) is 5.42. The van der Waals surface area contributed by atoms with E-state index in [1.807, 2.05) is 13.8 Å². The summed E-state index contributed by atoms with van der Waals surface area (Å²) in [5.41, 5.74) is -0.0468. The van der Waals surface area contributed by atoms with Crippen molar-refractivity contribution in [3.8, 4) is 5.75 Å². The second-order valence-electron chi connectivity index (χ2n) is 3.82. The smallest absolute Gasteiger partial charge is 0.349 e. The molecule has 0 unspecified atom stereocenters. The maximum Gasteiger partial charge on any atom is 0.349 e. The van der Waals surface area contributed by atoms with Crippen molar-refractivity contribution in [3.05, 3.63) is 27.8 Å². The number of rotatable bonds is 6. The van der Waals surface area contributed by atoms with Crippen molar-refractivity contribution < 1.29 is 14.4 Å². The lowest BCUT2D eigenvalue weighted by atomic mass is 10.1. The van der Waals surface area contributed by atoms with Gasteiger partial charge in [-0.2, -0.15) is 0 Å². The van der Waals surface area contributed by atoms with Crippen LogP contribution in [0.2, 0.25) is 0 Å². The highest BCUT2D eigenvalue weighted by Crippen LogP contribution is 2.18. The molecule has 1 rings (SSSR count). The first kappa shape index (κ1) is 14.3.